The zero-order chi connectivity index (χ0) is 11.4. The fraction of sp³-hybridized carbons (Fsp3) is 0.200. The Morgan fingerprint density at radius 1 is 1.60 bits per heavy atom. The van der Waals surface area contributed by atoms with E-state index in [1.807, 2.05) is 6.07 Å². The Bertz CT molecular complexity index is 434. The number of rotatable bonds is 3. The van der Waals surface area contributed by atoms with Gasteiger partial charge in [0.05, 0.1) is 12.8 Å². The smallest absolute Gasteiger partial charge is 0.220 e. The van der Waals surface area contributed by atoms with Gasteiger partial charge in [0.15, 0.2) is 0 Å². The predicted molar refractivity (Wildman–Crippen MR) is 58.2 cm³/mol. The fourth-order valence-corrected chi connectivity index (χ4v) is 1.26. The van der Waals surface area contributed by atoms with Crippen LogP contribution in [0.2, 0.25) is 0 Å². The van der Waals surface area contributed by atoms with Gasteiger partial charge in [-0.1, -0.05) is 6.08 Å². The minimum Gasteiger partial charge on any atom is -0.481 e. The standard InChI is InChI=1S/C10H12N4O/c1-3-4-6-8(12)7(5-11)9(13)14-10(6)15-2/h3H,1,4H2,2H3,(H4,12,13,14). The van der Waals surface area contributed by atoms with E-state index in [4.69, 9.17) is 21.5 Å². The lowest BCUT2D eigenvalue weighted by Crippen LogP contribution is -2.07. The minimum absolute atomic E-state index is 0.0830. The largest absolute Gasteiger partial charge is 0.481 e. The summed E-state index contributed by atoms with van der Waals surface area (Å²) >= 11 is 0. The molecule has 5 heteroatoms. The summed E-state index contributed by atoms with van der Waals surface area (Å²) in [4.78, 5) is 3.95. The third kappa shape index (κ3) is 1.83. The van der Waals surface area contributed by atoms with Crippen molar-refractivity contribution < 1.29 is 4.74 Å². The van der Waals surface area contributed by atoms with E-state index in [0.717, 1.165) is 0 Å². The number of hydrogen-bond donors (Lipinski definition) is 2. The van der Waals surface area contributed by atoms with E-state index in [9.17, 15) is 0 Å². The molecule has 0 aliphatic carbocycles. The van der Waals surface area contributed by atoms with Crippen molar-refractivity contribution in [1.29, 1.82) is 5.26 Å². The van der Waals surface area contributed by atoms with Gasteiger partial charge in [-0.2, -0.15) is 10.2 Å². The average Bonchev–Trinajstić information content (AvgIpc) is 2.22. The van der Waals surface area contributed by atoms with Crippen LogP contribution in [0, 0.1) is 11.3 Å². The number of pyridine rings is 1. The molecule has 0 aliphatic rings. The zero-order valence-corrected chi connectivity index (χ0v) is 8.45. The van der Waals surface area contributed by atoms with Crippen molar-refractivity contribution in [1.82, 2.24) is 4.98 Å². The molecule has 0 spiro atoms. The highest BCUT2D eigenvalue weighted by Gasteiger charge is 2.15. The number of nitriles is 1. The second-order valence-corrected chi connectivity index (χ2v) is 2.88. The van der Waals surface area contributed by atoms with Gasteiger partial charge in [-0.3, -0.25) is 0 Å². The minimum atomic E-state index is 0.0830. The van der Waals surface area contributed by atoms with E-state index in [1.165, 1.54) is 7.11 Å². The summed E-state index contributed by atoms with van der Waals surface area (Å²) in [7, 11) is 1.47. The first-order valence-corrected chi connectivity index (χ1v) is 4.28. The van der Waals surface area contributed by atoms with Crippen LogP contribution in [0.5, 0.6) is 5.88 Å². The molecule has 5 nitrogen and oxygen atoms in total. The van der Waals surface area contributed by atoms with Gasteiger partial charge in [-0.25, -0.2) is 0 Å². The molecule has 0 amide bonds. The Labute approximate surface area is 88.0 Å². The first-order chi connectivity index (χ1) is 7.15. The number of nitrogens with two attached hydrogens (primary N) is 2. The van der Waals surface area contributed by atoms with Crippen molar-refractivity contribution in [2.75, 3.05) is 18.6 Å². The highest BCUT2D eigenvalue weighted by Crippen LogP contribution is 2.29. The second kappa shape index (κ2) is 4.33. The van der Waals surface area contributed by atoms with Crippen LogP contribution >= 0.6 is 0 Å². The molecule has 15 heavy (non-hydrogen) atoms. The van der Waals surface area contributed by atoms with Gasteiger partial charge in [-0.15, -0.1) is 6.58 Å². The molecular weight excluding hydrogens is 192 g/mol. The van der Waals surface area contributed by atoms with E-state index >= 15 is 0 Å². The highest BCUT2D eigenvalue weighted by atomic mass is 16.5. The molecule has 1 aromatic rings. The third-order valence-corrected chi connectivity index (χ3v) is 1.98. The van der Waals surface area contributed by atoms with Crippen LogP contribution in [-0.2, 0) is 6.42 Å². The number of allylic oxidation sites excluding steroid dienone is 1. The molecule has 4 N–H and O–H groups in total. The van der Waals surface area contributed by atoms with Crippen molar-refractivity contribution in [2.45, 2.75) is 6.42 Å². The van der Waals surface area contributed by atoms with Gasteiger partial charge < -0.3 is 16.2 Å². The Kier molecular flexibility index (Phi) is 3.13. The van der Waals surface area contributed by atoms with Crippen molar-refractivity contribution in [3.05, 3.63) is 23.8 Å². The Morgan fingerprint density at radius 2 is 2.27 bits per heavy atom. The number of methoxy groups -OCH3 is 1. The van der Waals surface area contributed by atoms with E-state index in [0.29, 0.717) is 23.6 Å². The summed E-state index contributed by atoms with van der Waals surface area (Å²) in [5, 5.41) is 8.84. The molecule has 0 saturated carbocycles. The molecule has 1 rings (SSSR count). The molecule has 1 aromatic heterocycles. The number of nitrogens with zero attached hydrogens (tertiary/aromatic N) is 2. The zero-order valence-electron chi connectivity index (χ0n) is 8.45. The Hall–Kier alpha value is -2.22. The molecule has 1 heterocycles. The first kappa shape index (κ1) is 10.9. The monoisotopic (exact) mass is 204 g/mol. The average molecular weight is 204 g/mol. The maximum atomic E-state index is 8.84. The topological polar surface area (TPSA) is 98.0 Å². The van der Waals surface area contributed by atoms with Crippen LogP contribution in [0.4, 0.5) is 11.5 Å². The lowest BCUT2D eigenvalue weighted by atomic mass is 10.1. The summed E-state index contributed by atoms with van der Waals surface area (Å²) < 4.78 is 5.03. The van der Waals surface area contributed by atoms with Crippen LogP contribution in [-0.4, -0.2) is 12.1 Å². The molecular formula is C10H12N4O. The highest BCUT2D eigenvalue weighted by molar-refractivity contribution is 5.70. The van der Waals surface area contributed by atoms with E-state index in [2.05, 4.69) is 11.6 Å². The molecule has 0 aliphatic heterocycles. The summed E-state index contributed by atoms with van der Waals surface area (Å²) in [6, 6.07) is 1.91. The van der Waals surface area contributed by atoms with E-state index in [1.54, 1.807) is 6.08 Å². The molecule has 0 saturated heterocycles. The van der Waals surface area contributed by atoms with Gasteiger partial charge in [0.2, 0.25) is 5.88 Å². The van der Waals surface area contributed by atoms with Crippen LogP contribution in [0.25, 0.3) is 0 Å². The van der Waals surface area contributed by atoms with Gasteiger partial charge >= 0.3 is 0 Å². The van der Waals surface area contributed by atoms with Crippen molar-refractivity contribution in [3.63, 3.8) is 0 Å². The predicted octanol–water partition coefficient (Wildman–Crippen LogP) is 0.855. The third-order valence-electron chi connectivity index (χ3n) is 1.98. The maximum Gasteiger partial charge on any atom is 0.220 e. The number of aromatic nitrogens is 1. The normalized spacial score (nSPS) is 9.33. The van der Waals surface area contributed by atoms with Crippen LogP contribution < -0.4 is 16.2 Å². The van der Waals surface area contributed by atoms with Crippen molar-refractivity contribution >= 4 is 11.5 Å². The second-order valence-electron chi connectivity index (χ2n) is 2.88. The quantitative estimate of drug-likeness (QED) is 0.711. The summed E-state index contributed by atoms with van der Waals surface area (Å²) in [6.45, 7) is 3.60. The maximum absolute atomic E-state index is 8.84. The lowest BCUT2D eigenvalue weighted by molar-refractivity contribution is 0.394. The molecule has 0 atom stereocenters. The SMILES string of the molecule is C=CCc1c(OC)nc(N)c(C#N)c1N. The number of nitrogen functional groups attached to an aromatic ring is 2. The fourth-order valence-electron chi connectivity index (χ4n) is 1.26. The van der Waals surface area contributed by atoms with Crippen molar-refractivity contribution in [2.24, 2.45) is 0 Å². The van der Waals surface area contributed by atoms with Gasteiger partial charge in [0.1, 0.15) is 17.5 Å². The molecule has 0 bridgehead atoms. The Morgan fingerprint density at radius 3 is 2.73 bits per heavy atom. The number of anilines is 2. The molecule has 0 aromatic carbocycles. The van der Waals surface area contributed by atoms with Gasteiger partial charge in [0, 0.05) is 5.56 Å². The lowest BCUT2D eigenvalue weighted by Gasteiger charge is -2.11. The molecule has 0 radical (unpaired) electrons. The molecule has 78 valence electrons. The summed E-state index contributed by atoms with van der Waals surface area (Å²) in [5.74, 6) is 0.420. The van der Waals surface area contributed by atoms with E-state index < -0.39 is 0 Å². The summed E-state index contributed by atoms with van der Waals surface area (Å²) in [6.07, 6.45) is 2.14. The molecule has 0 fully saturated rings. The van der Waals surface area contributed by atoms with Gasteiger partial charge in [0.25, 0.3) is 0 Å². The van der Waals surface area contributed by atoms with Crippen LogP contribution in [0.3, 0.4) is 0 Å². The van der Waals surface area contributed by atoms with E-state index in [-0.39, 0.29) is 11.4 Å². The van der Waals surface area contributed by atoms with Crippen LogP contribution in [0.1, 0.15) is 11.1 Å². The first-order valence-electron chi connectivity index (χ1n) is 4.28. The number of ether oxygens (including phenoxy) is 1. The number of hydrogen-bond acceptors (Lipinski definition) is 5. The van der Waals surface area contributed by atoms with Crippen LogP contribution in [0.15, 0.2) is 12.7 Å². The molecule has 0 unspecified atom stereocenters. The van der Waals surface area contributed by atoms with Gasteiger partial charge in [-0.05, 0) is 6.42 Å². The van der Waals surface area contributed by atoms with Crippen molar-refractivity contribution in [3.8, 4) is 11.9 Å². The summed E-state index contributed by atoms with van der Waals surface area (Å²) in [5.41, 5.74) is 12.5. The Balaban J connectivity index is 3.47.